The van der Waals surface area contributed by atoms with E-state index in [1.54, 1.807) is 19.1 Å². The third-order valence-electron chi connectivity index (χ3n) is 3.11. The number of benzene rings is 1. The Labute approximate surface area is 131 Å². The Kier molecular flexibility index (Phi) is 5.59. The second-order valence-electron chi connectivity index (χ2n) is 4.68. The smallest absolute Gasteiger partial charge is 0.266 e. The lowest BCUT2D eigenvalue weighted by molar-refractivity contribution is 0.0688. The Morgan fingerprint density at radius 2 is 1.82 bits per heavy atom. The van der Waals surface area contributed by atoms with Crippen LogP contribution < -0.4 is 0 Å². The molecular formula is C15H17FN2O3S. The fraction of sp³-hybridized carbons (Fsp3) is 0.333. The van der Waals surface area contributed by atoms with Gasteiger partial charge in [0.1, 0.15) is 15.7 Å². The van der Waals surface area contributed by atoms with Crippen LogP contribution in [0.25, 0.3) is 10.6 Å². The summed E-state index contributed by atoms with van der Waals surface area (Å²) in [6.45, 7) is 1.70. The van der Waals surface area contributed by atoms with Crippen molar-refractivity contribution < 1.29 is 19.4 Å². The number of carbonyl (C=O) groups is 1. The average molecular weight is 324 g/mol. The van der Waals surface area contributed by atoms with Gasteiger partial charge in [-0.15, -0.1) is 11.3 Å². The standard InChI is InChI=1S/C15H17FN2O3S/c1-10-13(15(21)18(6-8-19)7-9-20)22-14(17-10)11-2-4-12(16)5-3-11/h2-5,19-20H,6-9H2,1H3. The lowest BCUT2D eigenvalue weighted by atomic mass is 10.2. The first-order valence-electron chi connectivity index (χ1n) is 6.81. The van der Waals surface area contributed by atoms with Crippen LogP contribution >= 0.6 is 11.3 Å². The summed E-state index contributed by atoms with van der Waals surface area (Å²) in [5.41, 5.74) is 1.32. The van der Waals surface area contributed by atoms with E-state index in [4.69, 9.17) is 10.2 Å². The molecule has 2 aromatic rings. The van der Waals surface area contributed by atoms with Crippen LogP contribution in [0.4, 0.5) is 4.39 Å². The molecule has 0 unspecified atom stereocenters. The number of rotatable bonds is 6. The number of nitrogens with zero attached hydrogens (tertiary/aromatic N) is 2. The number of aryl methyl sites for hydroxylation is 1. The zero-order chi connectivity index (χ0) is 16.1. The van der Waals surface area contributed by atoms with E-state index in [0.717, 1.165) is 5.56 Å². The molecule has 0 radical (unpaired) electrons. The quantitative estimate of drug-likeness (QED) is 0.848. The Morgan fingerprint density at radius 3 is 2.36 bits per heavy atom. The van der Waals surface area contributed by atoms with Gasteiger partial charge in [0.25, 0.3) is 5.91 Å². The fourth-order valence-corrected chi connectivity index (χ4v) is 3.05. The molecule has 0 bridgehead atoms. The second kappa shape index (κ2) is 7.44. The van der Waals surface area contributed by atoms with Gasteiger partial charge < -0.3 is 15.1 Å². The first-order chi connectivity index (χ1) is 10.6. The van der Waals surface area contributed by atoms with E-state index in [-0.39, 0.29) is 38.0 Å². The summed E-state index contributed by atoms with van der Waals surface area (Å²) in [5.74, 6) is -0.600. The highest BCUT2D eigenvalue weighted by atomic mass is 32.1. The second-order valence-corrected chi connectivity index (χ2v) is 5.68. The minimum Gasteiger partial charge on any atom is -0.395 e. The van der Waals surface area contributed by atoms with Crippen molar-refractivity contribution in [3.8, 4) is 10.6 Å². The summed E-state index contributed by atoms with van der Waals surface area (Å²) < 4.78 is 13.0. The van der Waals surface area contributed by atoms with Crippen LogP contribution in [0, 0.1) is 12.7 Å². The van der Waals surface area contributed by atoms with Gasteiger partial charge >= 0.3 is 0 Å². The Morgan fingerprint density at radius 1 is 1.23 bits per heavy atom. The molecule has 1 aromatic heterocycles. The molecular weight excluding hydrogens is 307 g/mol. The molecule has 2 rings (SSSR count). The van der Waals surface area contributed by atoms with Crippen molar-refractivity contribution in [2.24, 2.45) is 0 Å². The van der Waals surface area contributed by atoms with Crippen LogP contribution in [-0.2, 0) is 0 Å². The summed E-state index contributed by atoms with van der Waals surface area (Å²) in [4.78, 5) is 18.7. The van der Waals surface area contributed by atoms with Crippen molar-refractivity contribution in [2.75, 3.05) is 26.3 Å². The van der Waals surface area contributed by atoms with Gasteiger partial charge in [0, 0.05) is 18.7 Å². The van der Waals surface area contributed by atoms with Crippen LogP contribution in [0.5, 0.6) is 0 Å². The van der Waals surface area contributed by atoms with Gasteiger partial charge in [-0.25, -0.2) is 9.37 Å². The highest BCUT2D eigenvalue weighted by Gasteiger charge is 2.21. The van der Waals surface area contributed by atoms with Gasteiger partial charge in [-0.1, -0.05) is 0 Å². The zero-order valence-electron chi connectivity index (χ0n) is 12.1. The Balaban J connectivity index is 2.28. The van der Waals surface area contributed by atoms with E-state index in [1.165, 1.54) is 28.4 Å². The number of aromatic nitrogens is 1. The highest BCUT2D eigenvalue weighted by molar-refractivity contribution is 7.17. The van der Waals surface area contributed by atoms with Crippen LogP contribution in [-0.4, -0.2) is 52.3 Å². The third-order valence-corrected chi connectivity index (χ3v) is 4.30. The SMILES string of the molecule is Cc1nc(-c2ccc(F)cc2)sc1C(=O)N(CCO)CCO. The number of aliphatic hydroxyl groups is 2. The molecule has 118 valence electrons. The van der Waals surface area contributed by atoms with Gasteiger partial charge in [-0.2, -0.15) is 0 Å². The molecule has 0 aliphatic rings. The first kappa shape index (κ1) is 16.5. The van der Waals surface area contributed by atoms with Crippen molar-refractivity contribution in [1.82, 2.24) is 9.88 Å². The van der Waals surface area contributed by atoms with E-state index in [9.17, 15) is 9.18 Å². The number of hydrogen-bond acceptors (Lipinski definition) is 5. The Bertz CT molecular complexity index is 637. The molecule has 0 aliphatic heterocycles. The van der Waals surface area contributed by atoms with Crippen LogP contribution in [0.15, 0.2) is 24.3 Å². The molecule has 1 amide bonds. The number of halogens is 1. The van der Waals surface area contributed by atoms with Crippen LogP contribution in [0.3, 0.4) is 0 Å². The van der Waals surface area contributed by atoms with Gasteiger partial charge in [0.05, 0.1) is 18.9 Å². The summed E-state index contributed by atoms with van der Waals surface area (Å²) >= 11 is 1.22. The lowest BCUT2D eigenvalue weighted by Gasteiger charge is -2.19. The highest BCUT2D eigenvalue weighted by Crippen LogP contribution is 2.28. The van der Waals surface area contributed by atoms with Crippen molar-refractivity contribution in [3.05, 3.63) is 40.7 Å². The van der Waals surface area contributed by atoms with Crippen molar-refractivity contribution in [3.63, 3.8) is 0 Å². The minimum atomic E-state index is -0.328. The summed E-state index contributed by atoms with van der Waals surface area (Å²) in [6.07, 6.45) is 0. The van der Waals surface area contributed by atoms with Gasteiger partial charge in [0.2, 0.25) is 0 Å². The number of amides is 1. The van der Waals surface area contributed by atoms with E-state index in [1.807, 2.05) is 0 Å². The molecule has 0 saturated carbocycles. The van der Waals surface area contributed by atoms with Crippen molar-refractivity contribution in [2.45, 2.75) is 6.92 Å². The first-order valence-corrected chi connectivity index (χ1v) is 7.62. The molecule has 0 atom stereocenters. The molecule has 5 nitrogen and oxygen atoms in total. The molecule has 0 spiro atoms. The normalized spacial score (nSPS) is 10.7. The van der Waals surface area contributed by atoms with E-state index < -0.39 is 0 Å². The molecule has 0 saturated heterocycles. The predicted molar refractivity (Wildman–Crippen MR) is 82.3 cm³/mol. The summed E-state index contributed by atoms with van der Waals surface area (Å²) in [7, 11) is 0. The van der Waals surface area contributed by atoms with Crippen LogP contribution in [0.2, 0.25) is 0 Å². The van der Waals surface area contributed by atoms with E-state index >= 15 is 0 Å². The maximum absolute atomic E-state index is 13.0. The van der Waals surface area contributed by atoms with Crippen molar-refractivity contribution in [1.29, 1.82) is 0 Å². The average Bonchev–Trinajstić information content (AvgIpc) is 2.89. The Hall–Kier alpha value is -1.83. The molecule has 2 N–H and O–H groups in total. The summed E-state index contributed by atoms with van der Waals surface area (Å²) in [6, 6.07) is 5.91. The summed E-state index contributed by atoms with van der Waals surface area (Å²) in [5, 5.41) is 18.7. The van der Waals surface area contributed by atoms with Crippen LogP contribution in [0.1, 0.15) is 15.4 Å². The number of aliphatic hydroxyl groups excluding tert-OH is 2. The largest absolute Gasteiger partial charge is 0.395 e. The molecule has 0 aliphatic carbocycles. The topological polar surface area (TPSA) is 73.7 Å². The zero-order valence-corrected chi connectivity index (χ0v) is 12.9. The van der Waals surface area contributed by atoms with Gasteiger partial charge in [0.15, 0.2) is 0 Å². The third kappa shape index (κ3) is 3.68. The molecule has 22 heavy (non-hydrogen) atoms. The van der Waals surface area contributed by atoms with Gasteiger partial charge in [-0.05, 0) is 31.2 Å². The molecule has 0 fully saturated rings. The maximum atomic E-state index is 13.0. The number of hydrogen-bond donors (Lipinski definition) is 2. The monoisotopic (exact) mass is 324 g/mol. The number of carbonyl (C=O) groups excluding carboxylic acids is 1. The lowest BCUT2D eigenvalue weighted by Crippen LogP contribution is -2.35. The molecule has 7 heteroatoms. The van der Waals surface area contributed by atoms with E-state index in [0.29, 0.717) is 15.6 Å². The molecule has 1 aromatic carbocycles. The maximum Gasteiger partial charge on any atom is 0.266 e. The molecule has 1 heterocycles. The van der Waals surface area contributed by atoms with Gasteiger partial charge in [-0.3, -0.25) is 4.79 Å². The van der Waals surface area contributed by atoms with E-state index in [2.05, 4.69) is 4.98 Å². The minimum absolute atomic E-state index is 0.155. The fourth-order valence-electron chi connectivity index (χ4n) is 2.01. The number of thiazole rings is 1. The van der Waals surface area contributed by atoms with Crippen molar-refractivity contribution >= 4 is 17.2 Å². The predicted octanol–water partition coefficient (Wildman–Crippen LogP) is 1.68.